The summed E-state index contributed by atoms with van der Waals surface area (Å²) >= 11 is 4.92. The molecule has 6 heteroatoms. The minimum absolute atomic E-state index is 0.0138. The van der Waals surface area contributed by atoms with Crippen LogP contribution in [0.2, 0.25) is 0 Å². The van der Waals surface area contributed by atoms with Gasteiger partial charge in [-0.05, 0) is 28.1 Å². The summed E-state index contributed by atoms with van der Waals surface area (Å²) < 4.78 is 0.974. The zero-order chi connectivity index (χ0) is 11.4. The quantitative estimate of drug-likeness (QED) is 0.670. The Morgan fingerprint density at radius 1 is 1.44 bits per heavy atom. The molecular formula is C10H11BrN4S. The molecule has 0 aliphatic rings. The second-order valence-electron chi connectivity index (χ2n) is 3.30. The van der Waals surface area contributed by atoms with Crippen molar-refractivity contribution in [1.82, 2.24) is 15.4 Å². The molecule has 0 bridgehead atoms. The van der Waals surface area contributed by atoms with Crippen LogP contribution in [0.1, 0.15) is 17.4 Å². The zero-order valence-corrected chi connectivity index (χ0v) is 10.8. The van der Waals surface area contributed by atoms with Gasteiger partial charge in [-0.1, -0.05) is 0 Å². The summed E-state index contributed by atoms with van der Waals surface area (Å²) in [5.74, 6) is 5.52. The van der Waals surface area contributed by atoms with Crippen molar-refractivity contribution in [3.05, 3.63) is 45.1 Å². The van der Waals surface area contributed by atoms with Gasteiger partial charge in [-0.3, -0.25) is 16.3 Å². The third-order valence-electron chi connectivity index (χ3n) is 2.21. The number of hydrazine groups is 1. The van der Waals surface area contributed by atoms with Gasteiger partial charge < -0.3 is 0 Å². The van der Waals surface area contributed by atoms with E-state index in [1.165, 1.54) is 0 Å². The standard InChI is InChI=1S/C10H11BrN4S/c11-7-1-2-8(13-4-7)3-9(15-12)10-5-16-6-14-10/h1-2,4-6,9,15H,3,12H2. The van der Waals surface area contributed by atoms with Crippen LogP contribution in [-0.4, -0.2) is 9.97 Å². The summed E-state index contributed by atoms with van der Waals surface area (Å²) in [4.78, 5) is 8.55. The molecule has 1 unspecified atom stereocenters. The van der Waals surface area contributed by atoms with E-state index in [0.29, 0.717) is 0 Å². The lowest BCUT2D eigenvalue weighted by atomic mass is 10.1. The minimum Gasteiger partial charge on any atom is -0.271 e. The number of nitrogens with two attached hydrogens (primary N) is 1. The first kappa shape index (κ1) is 11.7. The van der Waals surface area contributed by atoms with E-state index in [9.17, 15) is 0 Å². The van der Waals surface area contributed by atoms with Crippen molar-refractivity contribution in [3.63, 3.8) is 0 Å². The monoisotopic (exact) mass is 298 g/mol. The van der Waals surface area contributed by atoms with E-state index in [0.717, 1.165) is 22.3 Å². The molecule has 4 nitrogen and oxygen atoms in total. The van der Waals surface area contributed by atoms with Gasteiger partial charge in [0.25, 0.3) is 0 Å². The Bertz CT molecular complexity index is 429. The molecule has 84 valence electrons. The van der Waals surface area contributed by atoms with E-state index < -0.39 is 0 Å². The van der Waals surface area contributed by atoms with E-state index in [4.69, 9.17) is 5.84 Å². The van der Waals surface area contributed by atoms with Crippen molar-refractivity contribution in [1.29, 1.82) is 0 Å². The van der Waals surface area contributed by atoms with Crippen molar-refractivity contribution < 1.29 is 0 Å². The predicted octanol–water partition coefficient (Wildman–Crippen LogP) is 2.05. The average Bonchev–Trinajstić information content (AvgIpc) is 2.82. The predicted molar refractivity (Wildman–Crippen MR) is 67.8 cm³/mol. The number of aromatic nitrogens is 2. The van der Waals surface area contributed by atoms with Crippen molar-refractivity contribution in [2.24, 2.45) is 5.84 Å². The van der Waals surface area contributed by atoms with Gasteiger partial charge in [0.15, 0.2) is 0 Å². The Morgan fingerprint density at radius 3 is 2.88 bits per heavy atom. The van der Waals surface area contributed by atoms with Crippen LogP contribution >= 0.6 is 27.3 Å². The van der Waals surface area contributed by atoms with E-state index in [-0.39, 0.29) is 6.04 Å². The molecule has 16 heavy (non-hydrogen) atoms. The zero-order valence-electron chi connectivity index (χ0n) is 8.43. The number of hydrogen-bond acceptors (Lipinski definition) is 5. The largest absolute Gasteiger partial charge is 0.271 e. The fourth-order valence-electron chi connectivity index (χ4n) is 1.38. The number of halogens is 1. The van der Waals surface area contributed by atoms with Gasteiger partial charge in [0.05, 0.1) is 17.2 Å². The van der Waals surface area contributed by atoms with Gasteiger partial charge >= 0.3 is 0 Å². The van der Waals surface area contributed by atoms with Crippen molar-refractivity contribution in [2.45, 2.75) is 12.5 Å². The highest BCUT2D eigenvalue weighted by atomic mass is 79.9. The molecule has 3 N–H and O–H groups in total. The van der Waals surface area contributed by atoms with Crippen LogP contribution in [0.4, 0.5) is 0 Å². The van der Waals surface area contributed by atoms with Crippen LogP contribution in [0.5, 0.6) is 0 Å². The maximum absolute atomic E-state index is 5.52. The second-order valence-corrected chi connectivity index (χ2v) is 4.94. The molecule has 2 rings (SSSR count). The topological polar surface area (TPSA) is 63.8 Å². The van der Waals surface area contributed by atoms with E-state index in [1.807, 2.05) is 17.5 Å². The van der Waals surface area contributed by atoms with Crippen LogP contribution in [-0.2, 0) is 6.42 Å². The Hall–Kier alpha value is -0.820. The number of pyridine rings is 1. The molecule has 0 spiro atoms. The van der Waals surface area contributed by atoms with Gasteiger partial charge in [-0.15, -0.1) is 11.3 Å². The van der Waals surface area contributed by atoms with Crippen LogP contribution < -0.4 is 11.3 Å². The maximum Gasteiger partial charge on any atom is 0.0795 e. The molecule has 2 aromatic heterocycles. The van der Waals surface area contributed by atoms with Crippen LogP contribution in [0.25, 0.3) is 0 Å². The fraction of sp³-hybridized carbons (Fsp3) is 0.200. The molecule has 0 radical (unpaired) electrons. The van der Waals surface area contributed by atoms with Gasteiger partial charge in [0, 0.05) is 28.2 Å². The third kappa shape index (κ3) is 2.85. The Morgan fingerprint density at radius 2 is 2.31 bits per heavy atom. The molecular weight excluding hydrogens is 288 g/mol. The summed E-state index contributed by atoms with van der Waals surface area (Å²) in [5.41, 5.74) is 6.50. The molecule has 2 heterocycles. The van der Waals surface area contributed by atoms with Gasteiger partial charge in [0.2, 0.25) is 0 Å². The van der Waals surface area contributed by atoms with Crippen LogP contribution in [0, 0.1) is 0 Å². The van der Waals surface area contributed by atoms with Gasteiger partial charge in [-0.25, -0.2) is 4.98 Å². The third-order valence-corrected chi connectivity index (χ3v) is 3.29. The number of nitrogens with zero attached hydrogens (tertiary/aromatic N) is 2. The summed E-state index contributed by atoms with van der Waals surface area (Å²) in [6, 6.07) is 3.96. The summed E-state index contributed by atoms with van der Waals surface area (Å²) in [6.07, 6.45) is 2.51. The molecule has 2 aromatic rings. The van der Waals surface area contributed by atoms with E-state index in [1.54, 1.807) is 23.0 Å². The van der Waals surface area contributed by atoms with Crippen molar-refractivity contribution in [3.8, 4) is 0 Å². The SMILES string of the molecule is NNC(Cc1ccc(Br)cn1)c1cscn1. The van der Waals surface area contributed by atoms with Gasteiger partial charge in [-0.2, -0.15) is 0 Å². The molecule has 0 saturated heterocycles. The maximum atomic E-state index is 5.52. The number of nitrogens with one attached hydrogen (secondary N) is 1. The lowest BCUT2D eigenvalue weighted by Crippen LogP contribution is -2.30. The Labute approximate surface area is 106 Å². The van der Waals surface area contributed by atoms with Gasteiger partial charge in [0.1, 0.15) is 0 Å². The molecule has 0 fully saturated rings. The Balaban J connectivity index is 2.10. The van der Waals surface area contributed by atoms with Crippen LogP contribution in [0.3, 0.4) is 0 Å². The normalized spacial score (nSPS) is 12.6. The highest BCUT2D eigenvalue weighted by molar-refractivity contribution is 9.10. The van der Waals surface area contributed by atoms with Crippen molar-refractivity contribution in [2.75, 3.05) is 0 Å². The molecule has 0 aliphatic heterocycles. The van der Waals surface area contributed by atoms with Crippen LogP contribution in [0.15, 0.2) is 33.7 Å². The number of rotatable bonds is 4. The summed E-state index contributed by atoms with van der Waals surface area (Å²) in [7, 11) is 0. The molecule has 0 aliphatic carbocycles. The fourth-order valence-corrected chi connectivity index (χ4v) is 2.22. The van der Waals surface area contributed by atoms with E-state index in [2.05, 4.69) is 31.3 Å². The molecule has 1 atom stereocenters. The number of hydrogen-bond donors (Lipinski definition) is 2. The minimum atomic E-state index is 0.0138. The average molecular weight is 299 g/mol. The highest BCUT2D eigenvalue weighted by Gasteiger charge is 2.12. The summed E-state index contributed by atoms with van der Waals surface area (Å²) in [5, 5.41) is 1.99. The second kappa shape index (κ2) is 5.49. The molecule has 0 amide bonds. The van der Waals surface area contributed by atoms with E-state index >= 15 is 0 Å². The highest BCUT2D eigenvalue weighted by Crippen LogP contribution is 2.17. The lowest BCUT2D eigenvalue weighted by Gasteiger charge is -2.12. The molecule has 0 aromatic carbocycles. The molecule has 0 saturated carbocycles. The Kier molecular flexibility index (Phi) is 4.00. The first-order chi connectivity index (χ1) is 7.79. The summed E-state index contributed by atoms with van der Waals surface area (Å²) in [6.45, 7) is 0. The first-order valence-electron chi connectivity index (χ1n) is 4.74. The number of thiazole rings is 1. The first-order valence-corrected chi connectivity index (χ1v) is 6.48. The van der Waals surface area contributed by atoms with Crippen molar-refractivity contribution >= 4 is 27.3 Å². The smallest absolute Gasteiger partial charge is 0.0795 e. The lowest BCUT2D eigenvalue weighted by molar-refractivity contribution is 0.535.